The summed E-state index contributed by atoms with van der Waals surface area (Å²) in [5, 5.41) is 0.406. The van der Waals surface area contributed by atoms with E-state index in [4.69, 9.17) is 15.0 Å². The molecule has 6 nitrogen and oxygen atoms in total. The number of hydrogen-bond acceptors (Lipinski definition) is 5. The van der Waals surface area contributed by atoms with Crippen LogP contribution in [0.2, 0.25) is 0 Å². The zero-order valence-corrected chi connectivity index (χ0v) is 16.5. The molecule has 0 saturated carbocycles. The Hall–Kier alpha value is -2.78. The highest BCUT2D eigenvalue weighted by Gasteiger charge is 2.51. The quantitative estimate of drug-likeness (QED) is 0.402. The molecule has 1 fully saturated rings. The van der Waals surface area contributed by atoms with Gasteiger partial charge < -0.3 is 20.0 Å². The Morgan fingerprint density at radius 1 is 1.17 bits per heavy atom. The standard InChI is InChI=1S/C20H20BF2N3O3/c1-19(2)20(3,4)29-21(28-19)10-7-11-12(9-26-18(11)25-8-10)17(27)15-13(22)5-6-14(24)16(15)23/h5-9H,24H2,1-4H3,(H,25,26). The molecule has 0 radical (unpaired) electrons. The fourth-order valence-electron chi connectivity index (χ4n) is 3.23. The topological polar surface area (TPSA) is 90.2 Å². The van der Waals surface area contributed by atoms with Gasteiger partial charge in [0, 0.05) is 28.8 Å². The van der Waals surface area contributed by atoms with Crippen LogP contribution < -0.4 is 11.2 Å². The molecule has 3 N–H and O–H groups in total. The molecule has 1 aliphatic rings. The fraction of sp³-hybridized carbons (Fsp3) is 0.300. The molecule has 4 rings (SSSR count). The van der Waals surface area contributed by atoms with Crippen LogP contribution >= 0.6 is 0 Å². The third-order valence-corrected chi connectivity index (χ3v) is 5.67. The summed E-state index contributed by atoms with van der Waals surface area (Å²) in [6, 6.07) is 3.72. The summed E-state index contributed by atoms with van der Waals surface area (Å²) in [7, 11) is -0.685. The lowest BCUT2D eigenvalue weighted by Crippen LogP contribution is -2.41. The highest BCUT2D eigenvalue weighted by atomic mass is 19.1. The summed E-state index contributed by atoms with van der Waals surface area (Å²) < 4.78 is 40.6. The molecule has 1 aromatic carbocycles. The van der Waals surface area contributed by atoms with Crippen LogP contribution in [0.4, 0.5) is 14.5 Å². The van der Waals surface area contributed by atoms with Gasteiger partial charge >= 0.3 is 7.12 Å². The number of nitrogen functional groups attached to an aromatic ring is 1. The third-order valence-electron chi connectivity index (χ3n) is 5.67. The lowest BCUT2D eigenvalue weighted by molar-refractivity contribution is 0.00578. The number of ketones is 1. The number of carbonyl (C=O) groups is 1. The minimum absolute atomic E-state index is 0.0780. The Balaban J connectivity index is 1.78. The van der Waals surface area contributed by atoms with Crippen molar-refractivity contribution in [3.63, 3.8) is 0 Å². The number of fused-ring (bicyclic) bond motifs is 1. The van der Waals surface area contributed by atoms with Crippen molar-refractivity contribution in [3.05, 3.63) is 53.4 Å². The van der Waals surface area contributed by atoms with Crippen molar-refractivity contribution in [1.29, 1.82) is 0 Å². The number of carbonyl (C=O) groups excluding carboxylic acids is 1. The molecule has 0 bridgehead atoms. The number of H-pyrrole nitrogens is 1. The monoisotopic (exact) mass is 399 g/mol. The van der Waals surface area contributed by atoms with Crippen LogP contribution in [0.1, 0.15) is 43.6 Å². The molecule has 0 spiro atoms. The lowest BCUT2D eigenvalue weighted by atomic mass is 9.79. The van der Waals surface area contributed by atoms with E-state index in [-0.39, 0.29) is 11.3 Å². The van der Waals surface area contributed by atoms with Gasteiger partial charge in [-0.1, -0.05) is 0 Å². The van der Waals surface area contributed by atoms with Crippen molar-refractivity contribution in [2.45, 2.75) is 38.9 Å². The highest BCUT2D eigenvalue weighted by Crippen LogP contribution is 2.36. The van der Waals surface area contributed by atoms with Gasteiger partial charge in [0.15, 0.2) is 5.82 Å². The van der Waals surface area contributed by atoms with Crippen LogP contribution in [0, 0.1) is 11.6 Å². The number of halogens is 2. The number of rotatable bonds is 3. The van der Waals surface area contributed by atoms with Crippen LogP contribution in [-0.2, 0) is 9.31 Å². The molecule has 0 unspecified atom stereocenters. The second-order valence-electron chi connectivity index (χ2n) is 8.11. The Kier molecular flexibility index (Phi) is 4.29. The average molecular weight is 399 g/mol. The SMILES string of the molecule is CC1(C)OB(c2cnc3[nH]cc(C(=O)c4c(F)ccc(N)c4F)c3c2)OC1(C)C. The molecular weight excluding hydrogens is 379 g/mol. The number of hydrogen-bond donors (Lipinski definition) is 2. The van der Waals surface area contributed by atoms with E-state index in [2.05, 4.69) is 9.97 Å². The molecule has 3 heterocycles. The largest absolute Gasteiger partial charge is 0.496 e. The van der Waals surface area contributed by atoms with Gasteiger partial charge in [0.05, 0.1) is 22.5 Å². The lowest BCUT2D eigenvalue weighted by Gasteiger charge is -2.32. The van der Waals surface area contributed by atoms with Gasteiger partial charge in [0.2, 0.25) is 5.78 Å². The predicted molar refractivity (Wildman–Crippen MR) is 106 cm³/mol. The molecule has 0 aliphatic carbocycles. The summed E-state index contributed by atoms with van der Waals surface area (Å²) in [5.74, 6) is -2.89. The number of benzene rings is 1. The zero-order valence-electron chi connectivity index (χ0n) is 16.5. The highest BCUT2D eigenvalue weighted by molar-refractivity contribution is 6.62. The Bertz CT molecular complexity index is 1130. The summed E-state index contributed by atoms with van der Waals surface area (Å²) in [4.78, 5) is 20.1. The summed E-state index contributed by atoms with van der Waals surface area (Å²) in [6.07, 6.45) is 2.95. The van der Waals surface area contributed by atoms with Crippen molar-refractivity contribution in [2.75, 3.05) is 5.73 Å². The molecule has 0 amide bonds. The van der Waals surface area contributed by atoms with Gasteiger partial charge in [-0.15, -0.1) is 0 Å². The molecule has 2 aromatic heterocycles. The first-order valence-corrected chi connectivity index (χ1v) is 9.12. The maximum absolute atomic E-state index is 14.3. The van der Waals surface area contributed by atoms with E-state index in [1.165, 1.54) is 6.20 Å². The van der Waals surface area contributed by atoms with Gasteiger partial charge in [-0.05, 0) is 45.9 Å². The van der Waals surface area contributed by atoms with Crippen LogP contribution in [0.25, 0.3) is 11.0 Å². The molecule has 29 heavy (non-hydrogen) atoms. The Morgan fingerprint density at radius 3 is 2.48 bits per heavy atom. The van der Waals surface area contributed by atoms with Crippen LogP contribution in [-0.4, -0.2) is 34.1 Å². The Labute approximate surface area is 166 Å². The van der Waals surface area contributed by atoms with Gasteiger partial charge in [-0.25, -0.2) is 13.8 Å². The smallest absolute Gasteiger partial charge is 0.399 e. The van der Waals surface area contributed by atoms with E-state index in [1.54, 1.807) is 12.3 Å². The maximum atomic E-state index is 14.3. The molecular formula is C20H20BF2N3O3. The van der Waals surface area contributed by atoms with E-state index in [1.807, 2.05) is 27.7 Å². The number of aromatic nitrogens is 2. The van der Waals surface area contributed by atoms with Crippen LogP contribution in [0.3, 0.4) is 0 Å². The fourth-order valence-corrected chi connectivity index (χ4v) is 3.23. The van der Waals surface area contributed by atoms with E-state index in [0.29, 0.717) is 16.5 Å². The first-order valence-electron chi connectivity index (χ1n) is 9.12. The number of pyridine rings is 1. The minimum Gasteiger partial charge on any atom is -0.399 e. The third kappa shape index (κ3) is 3.01. The number of aromatic amines is 1. The zero-order chi connectivity index (χ0) is 21.1. The number of nitrogens with two attached hydrogens (primary N) is 1. The van der Waals surface area contributed by atoms with E-state index >= 15 is 0 Å². The van der Waals surface area contributed by atoms with Gasteiger partial charge in [-0.2, -0.15) is 0 Å². The van der Waals surface area contributed by atoms with Crippen molar-refractivity contribution in [3.8, 4) is 0 Å². The number of anilines is 1. The van der Waals surface area contributed by atoms with Crippen molar-refractivity contribution in [1.82, 2.24) is 9.97 Å². The van der Waals surface area contributed by atoms with Gasteiger partial charge in [0.25, 0.3) is 0 Å². The van der Waals surface area contributed by atoms with E-state index in [9.17, 15) is 13.6 Å². The normalized spacial score (nSPS) is 17.8. The van der Waals surface area contributed by atoms with Crippen molar-refractivity contribution >= 4 is 35.1 Å². The Morgan fingerprint density at radius 2 is 1.83 bits per heavy atom. The summed E-state index contributed by atoms with van der Waals surface area (Å²) >= 11 is 0. The number of nitrogens with zero attached hydrogens (tertiary/aromatic N) is 1. The van der Waals surface area contributed by atoms with E-state index in [0.717, 1.165) is 12.1 Å². The maximum Gasteiger partial charge on any atom is 0.496 e. The summed E-state index contributed by atoms with van der Waals surface area (Å²) in [5.41, 5.74) is 4.49. The minimum atomic E-state index is -1.08. The number of nitrogens with one attached hydrogen (secondary N) is 1. The molecule has 9 heteroatoms. The summed E-state index contributed by atoms with van der Waals surface area (Å²) in [6.45, 7) is 7.70. The second-order valence-corrected chi connectivity index (χ2v) is 8.11. The van der Waals surface area contributed by atoms with Crippen molar-refractivity contribution < 1.29 is 22.9 Å². The molecule has 1 saturated heterocycles. The second kappa shape index (κ2) is 6.37. The molecule has 0 atom stereocenters. The first-order chi connectivity index (χ1) is 13.5. The molecule has 150 valence electrons. The predicted octanol–water partition coefficient (Wildman–Crippen LogP) is 2.95. The van der Waals surface area contributed by atoms with Gasteiger partial charge in [-0.3, -0.25) is 4.79 Å². The van der Waals surface area contributed by atoms with Crippen molar-refractivity contribution in [2.24, 2.45) is 0 Å². The molecule has 1 aliphatic heterocycles. The van der Waals surface area contributed by atoms with Gasteiger partial charge in [0.1, 0.15) is 11.5 Å². The molecule has 3 aromatic rings. The average Bonchev–Trinajstić information content (AvgIpc) is 3.15. The first kappa shape index (κ1) is 19.5. The van der Waals surface area contributed by atoms with Crippen LogP contribution in [0.15, 0.2) is 30.6 Å². The van der Waals surface area contributed by atoms with E-state index < -0.39 is 41.3 Å². The van der Waals surface area contributed by atoms with Crippen LogP contribution in [0.5, 0.6) is 0 Å².